The summed E-state index contributed by atoms with van der Waals surface area (Å²) in [6.07, 6.45) is 3.50. The van der Waals surface area contributed by atoms with Crippen molar-refractivity contribution in [3.8, 4) is 0 Å². The van der Waals surface area contributed by atoms with Gasteiger partial charge in [-0.15, -0.1) is 0 Å². The summed E-state index contributed by atoms with van der Waals surface area (Å²) in [6, 6.07) is 12.5. The molecule has 0 unspecified atom stereocenters. The van der Waals surface area contributed by atoms with E-state index in [0.717, 1.165) is 31.6 Å². The second-order valence-electron chi connectivity index (χ2n) is 6.03. The highest BCUT2D eigenvalue weighted by molar-refractivity contribution is 7.92. The lowest BCUT2D eigenvalue weighted by molar-refractivity contribution is 0.578. The van der Waals surface area contributed by atoms with Crippen LogP contribution in [-0.4, -0.2) is 21.5 Å². The van der Waals surface area contributed by atoms with Crippen LogP contribution in [0, 0.1) is 6.92 Å². The summed E-state index contributed by atoms with van der Waals surface area (Å²) in [5, 5.41) is 0.446. The molecule has 1 aliphatic heterocycles. The van der Waals surface area contributed by atoms with E-state index in [1.807, 2.05) is 18.2 Å². The van der Waals surface area contributed by atoms with Crippen molar-refractivity contribution in [1.29, 1.82) is 0 Å². The zero-order chi connectivity index (χ0) is 17.2. The molecule has 4 nitrogen and oxygen atoms in total. The molecule has 1 saturated heterocycles. The average molecular weight is 365 g/mol. The number of para-hydroxylation sites is 2. The van der Waals surface area contributed by atoms with Crippen LogP contribution >= 0.6 is 11.6 Å². The lowest BCUT2D eigenvalue weighted by Gasteiger charge is -2.30. The molecule has 0 spiro atoms. The first-order chi connectivity index (χ1) is 11.5. The number of nitrogens with zero attached hydrogens (tertiary/aromatic N) is 1. The smallest absolute Gasteiger partial charge is 0.262 e. The normalized spacial score (nSPS) is 15.3. The Morgan fingerprint density at radius 1 is 1.00 bits per heavy atom. The summed E-state index contributed by atoms with van der Waals surface area (Å²) in [5.74, 6) is 0. The number of halogens is 1. The molecule has 0 atom stereocenters. The monoisotopic (exact) mass is 364 g/mol. The Bertz CT molecular complexity index is 831. The number of hydrogen-bond donors (Lipinski definition) is 1. The molecule has 1 fully saturated rings. The van der Waals surface area contributed by atoms with Crippen molar-refractivity contribution in [2.75, 3.05) is 22.7 Å². The standard InChI is InChI=1S/C18H21ClN2O2S/c1-14-15(19)8-7-11-18(14)24(22,23)20-16-9-3-4-10-17(16)21-12-5-2-6-13-21/h3-4,7-11,20H,2,5-6,12-13H2,1H3. The van der Waals surface area contributed by atoms with Crippen molar-refractivity contribution in [1.82, 2.24) is 0 Å². The Morgan fingerprint density at radius 3 is 2.46 bits per heavy atom. The predicted octanol–water partition coefficient (Wildman–Crippen LogP) is 4.44. The van der Waals surface area contributed by atoms with Gasteiger partial charge in [0.05, 0.1) is 16.3 Å². The number of sulfonamides is 1. The quantitative estimate of drug-likeness (QED) is 0.872. The molecule has 1 N–H and O–H groups in total. The number of rotatable bonds is 4. The first-order valence-corrected chi connectivity index (χ1v) is 9.97. The largest absolute Gasteiger partial charge is 0.370 e. The van der Waals surface area contributed by atoms with E-state index < -0.39 is 10.0 Å². The van der Waals surface area contributed by atoms with E-state index in [2.05, 4.69) is 9.62 Å². The maximum absolute atomic E-state index is 12.8. The average Bonchev–Trinajstić information content (AvgIpc) is 2.58. The Balaban J connectivity index is 1.94. The third kappa shape index (κ3) is 3.52. The highest BCUT2D eigenvalue weighted by Gasteiger charge is 2.21. The SMILES string of the molecule is Cc1c(Cl)cccc1S(=O)(=O)Nc1ccccc1N1CCCCC1. The van der Waals surface area contributed by atoms with E-state index in [-0.39, 0.29) is 4.90 Å². The van der Waals surface area contributed by atoms with Gasteiger partial charge < -0.3 is 4.90 Å². The van der Waals surface area contributed by atoms with Crippen molar-refractivity contribution >= 4 is 33.0 Å². The zero-order valence-corrected chi connectivity index (χ0v) is 15.2. The third-order valence-electron chi connectivity index (χ3n) is 4.35. The minimum Gasteiger partial charge on any atom is -0.370 e. The van der Waals surface area contributed by atoms with Crippen LogP contribution in [0.5, 0.6) is 0 Å². The number of nitrogens with one attached hydrogen (secondary N) is 1. The molecule has 128 valence electrons. The summed E-state index contributed by atoms with van der Waals surface area (Å²) >= 11 is 6.08. The second kappa shape index (κ2) is 7.03. The zero-order valence-electron chi connectivity index (χ0n) is 13.6. The molecule has 1 aliphatic rings. The van der Waals surface area contributed by atoms with Gasteiger partial charge in [0.15, 0.2) is 0 Å². The Labute approximate surface area is 148 Å². The Hall–Kier alpha value is -1.72. The van der Waals surface area contributed by atoms with Gasteiger partial charge in [0.2, 0.25) is 0 Å². The number of benzene rings is 2. The molecule has 1 heterocycles. The van der Waals surface area contributed by atoms with Gasteiger partial charge in [0.25, 0.3) is 10.0 Å². The van der Waals surface area contributed by atoms with Crippen LogP contribution < -0.4 is 9.62 Å². The summed E-state index contributed by atoms with van der Waals surface area (Å²) in [4.78, 5) is 2.45. The molecule has 0 amide bonds. The maximum atomic E-state index is 12.8. The number of hydrogen-bond acceptors (Lipinski definition) is 3. The Kier molecular flexibility index (Phi) is 5.01. The van der Waals surface area contributed by atoms with Crippen LogP contribution in [0.25, 0.3) is 0 Å². The topological polar surface area (TPSA) is 49.4 Å². The lowest BCUT2D eigenvalue weighted by atomic mass is 10.1. The maximum Gasteiger partial charge on any atom is 0.262 e. The highest BCUT2D eigenvalue weighted by Crippen LogP contribution is 2.31. The molecule has 0 saturated carbocycles. The molecule has 2 aromatic rings. The van der Waals surface area contributed by atoms with Gasteiger partial charge in [-0.05, 0) is 56.0 Å². The third-order valence-corrected chi connectivity index (χ3v) is 6.27. The molecule has 2 aromatic carbocycles. The molecule has 0 aromatic heterocycles. The molecular formula is C18H21ClN2O2S. The van der Waals surface area contributed by atoms with Gasteiger partial charge in [-0.2, -0.15) is 0 Å². The van der Waals surface area contributed by atoms with Crippen LogP contribution in [0.15, 0.2) is 47.4 Å². The van der Waals surface area contributed by atoms with Gasteiger partial charge in [0.1, 0.15) is 0 Å². The van der Waals surface area contributed by atoms with Gasteiger partial charge >= 0.3 is 0 Å². The minimum absolute atomic E-state index is 0.212. The van der Waals surface area contributed by atoms with Crippen LogP contribution in [0.4, 0.5) is 11.4 Å². The fraction of sp³-hybridized carbons (Fsp3) is 0.333. The van der Waals surface area contributed by atoms with E-state index in [4.69, 9.17) is 11.6 Å². The molecule has 6 heteroatoms. The van der Waals surface area contributed by atoms with Crippen molar-refractivity contribution in [3.63, 3.8) is 0 Å². The van der Waals surface area contributed by atoms with Crippen molar-refractivity contribution in [2.45, 2.75) is 31.1 Å². The molecule has 0 bridgehead atoms. The molecule has 0 radical (unpaired) electrons. The fourth-order valence-corrected chi connectivity index (χ4v) is 4.62. The van der Waals surface area contributed by atoms with Gasteiger partial charge in [0, 0.05) is 18.1 Å². The Morgan fingerprint density at radius 2 is 1.71 bits per heavy atom. The van der Waals surface area contributed by atoms with Gasteiger partial charge in [-0.3, -0.25) is 4.72 Å². The summed E-state index contributed by atoms with van der Waals surface area (Å²) < 4.78 is 28.4. The lowest BCUT2D eigenvalue weighted by Crippen LogP contribution is -2.30. The van der Waals surface area contributed by atoms with E-state index >= 15 is 0 Å². The summed E-state index contributed by atoms with van der Waals surface area (Å²) in [7, 11) is -3.69. The van der Waals surface area contributed by atoms with Gasteiger partial charge in [-0.1, -0.05) is 29.8 Å². The van der Waals surface area contributed by atoms with E-state index in [1.54, 1.807) is 31.2 Å². The first kappa shape index (κ1) is 17.1. The summed E-state index contributed by atoms with van der Waals surface area (Å²) in [6.45, 7) is 3.62. The number of piperidine rings is 1. The fourth-order valence-electron chi connectivity index (χ4n) is 3.05. The van der Waals surface area contributed by atoms with E-state index in [9.17, 15) is 8.42 Å². The summed E-state index contributed by atoms with van der Waals surface area (Å²) in [5.41, 5.74) is 2.10. The molecule has 24 heavy (non-hydrogen) atoms. The predicted molar refractivity (Wildman–Crippen MR) is 99.5 cm³/mol. The van der Waals surface area contributed by atoms with Crippen LogP contribution in [0.2, 0.25) is 5.02 Å². The first-order valence-electron chi connectivity index (χ1n) is 8.11. The number of anilines is 2. The van der Waals surface area contributed by atoms with Crippen molar-refractivity contribution in [2.24, 2.45) is 0 Å². The van der Waals surface area contributed by atoms with Crippen molar-refractivity contribution in [3.05, 3.63) is 53.1 Å². The highest BCUT2D eigenvalue weighted by atomic mass is 35.5. The molecular weight excluding hydrogens is 344 g/mol. The van der Waals surface area contributed by atoms with Crippen LogP contribution in [0.1, 0.15) is 24.8 Å². The second-order valence-corrected chi connectivity index (χ2v) is 8.09. The van der Waals surface area contributed by atoms with Crippen LogP contribution in [0.3, 0.4) is 0 Å². The van der Waals surface area contributed by atoms with E-state index in [1.165, 1.54) is 6.42 Å². The van der Waals surface area contributed by atoms with Crippen molar-refractivity contribution < 1.29 is 8.42 Å². The minimum atomic E-state index is -3.69. The molecule has 0 aliphatic carbocycles. The molecule has 3 rings (SSSR count). The van der Waals surface area contributed by atoms with Gasteiger partial charge in [-0.25, -0.2) is 8.42 Å². The van der Waals surface area contributed by atoms with Crippen LogP contribution in [-0.2, 0) is 10.0 Å². The van der Waals surface area contributed by atoms with E-state index in [0.29, 0.717) is 16.3 Å².